The second kappa shape index (κ2) is 3.69. The number of benzene rings is 1. The standard InChI is InChI=1S/C15H16N4O/c1-10-16-14-11-6-3-4-7-12(11)18-13(20)8-5-9-15(18,2)19(14)17-10/h3-4,6-7H,5,8-9H2,1-2H3. The maximum absolute atomic E-state index is 12.5. The number of hydrogen-bond donors (Lipinski definition) is 0. The summed E-state index contributed by atoms with van der Waals surface area (Å²) in [5, 5.41) is 4.55. The van der Waals surface area contributed by atoms with Gasteiger partial charge in [0.05, 0.1) is 5.69 Å². The predicted octanol–water partition coefficient (Wildman–Crippen LogP) is 2.46. The number of aryl methyl sites for hydroxylation is 1. The first-order chi connectivity index (χ1) is 9.61. The van der Waals surface area contributed by atoms with Crippen LogP contribution in [0.3, 0.4) is 0 Å². The molecule has 0 aliphatic carbocycles. The van der Waals surface area contributed by atoms with Gasteiger partial charge in [0.25, 0.3) is 0 Å². The van der Waals surface area contributed by atoms with Crippen molar-refractivity contribution >= 4 is 11.6 Å². The molecule has 0 bridgehead atoms. The monoisotopic (exact) mass is 268 g/mol. The van der Waals surface area contributed by atoms with Crippen molar-refractivity contribution in [3.63, 3.8) is 0 Å². The molecule has 1 atom stereocenters. The van der Waals surface area contributed by atoms with Crippen molar-refractivity contribution in [2.45, 2.75) is 38.8 Å². The lowest BCUT2D eigenvalue weighted by atomic mass is 9.91. The fraction of sp³-hybridized carbons (Fsp3) is 0.400. The van der Waals surface area contributed by atoms with Crippen LogP contribution in [0.4, 0.5) is 5.69 Å². The Kier molecular flexibility index (Phi) is 2.14. The number of anilines is 1. The van der Waals surface area contributed by atoms with Gasteiger partial charge in [-0.3, -0.25) is 9.69 Å². The maximum atomic E-state index is 12.5. The molecule has 4 rings (SSSR count). The summed E-state index contributed by atoms with van der Waals surface area (Å²) in [6.07, 6.45) is 2.40. The van der Waals surface area contributed by atoms with E-state index >= 15 is 0 Å². The first-order valence-electron chi connectivity index (χ1n) is 6.98. The number of nitrogens with zero attached hydrogens (tertiary/aromatic N) is 4. The van der Waals surface area contributed by atoms with E-state index in [0.717, 1.165) is 35.7 Å². The average molecular weight is 268 g/mol. The second-order valence-corrected chi connectivity index (χ2v) is 5.71. The number of hydrogen-bond acceptors (Lipinski definition) is 3. The molecule has 1 saturated heterocycles. The lowest BCUT2D eigenvalue weighted by molar-refractivity contribution is -0.122. The molecule has 2 aliphatic heterocycles. The molecule has 3 heterocycles. The fourth-order valence-electron chi connectivity index (χ4n) is 3.44. The van der Waals surface area contributed by atoms with Crippen molar-refractivity contribution in [1.82, 2.24) is 14.8 Å². The van der Waals surface area contributed by atoms with Crippen molar-refractivity contribution in [2.24, 2.45) is 0 Å². The zero-order valence-corrected chi connectivity index (χ0v) is 11.6. The van der Waals surface area contributed by atoms with Gasteiger partial charge in [-0.2, -0.15) is 5.10 Å². The number of rotatable bonds is 0. The highest BCUT2D eigenvalue weighted by atomic mass is 16.2. The zero-order chi connectivity index (χ0) is 13.9. The number of fused-ring (bicyclic) bond motifs is 6. The number of piperidine rings is 1. The summed E-state index contributed by atoms with van der Waals surface area (Å²) in [6.45, 7) is 3.98. The molecule has 2 aliphatic rings. The predicted molar refractivity (Wildman–Crippen MR) is 75.2 cm³/mol. The molecule has 5 nitrogen and oxygen atoms in total. The Labute approximate surface area is 117 Å². The molecule has 1 amide bonds. The van der Waals surface area contributed by atoms with Gasteiger partial charge >= 0.3 is 0 Å². The van der Waals surface area contributed by atoms with E-state index in [0.29, 0.717) is 6.42 Å². The number of amides is 1. The lowest BCUT2D eigenvalue weighted by Gasteiger charge is -2.48. The number of carbonyl (C=O) groups excluding carboxylic acids is 1. The van der Waals surface area contributed by atoms with Gasteiger partial charge in [-0.05, 0) is 38.8 Å². The molecule has 1 aromatic carbocycles. The van der Waals surface area contributed by atoms with E-state index in [1.165, 1.54) is 0 Å². The maximum Gasteiger partial charge on any atom is 0.228 e. The Morgan fingerprint density at radius 3 is 2.95 bits per heavy atom. The van der Waals surface area contributed by atoms with Crippen LogP contribution in [0.15, 0.2) is 24.3 Å². The number of carbonyl (C=O) groups is 1. The van der Waals surface area contributed by atoms with Crippen molar-refractivity contribution in [1.29, 1.82) is 0 Å². The SMILES string of the molecule is Cc1nc2n(n1)C1(C)CCCC(=O)N1c1ccccc1-2. The smallest absolute Gasteiger partial charge is 0.228 e. The van der Waals surface area contributed by atoms with Crippen LogP contribution in [0.1, 0.15) is 32.0 Å². The zero-order valence-electron chi connectivity index (χ0n) is 11.6. The molecule has 1 aromatic heterocycles. The van der Waals surface area contributed by atoms with Crippen LogP contribution < -0.4 is 4.90 Å². The summed E-state index contributed by atoms with van der Waals surface area (Å²) < 4.78 is 1.93. The third kappa shape index (κ3) is 1.30. The molecule has 1 fully saturated rings. The second-order valence-electron chi connectivity index (χ2n) is 5.71. The van der Waals surface area contributed by atoms with Gasteiger partial charge < -0.3 is 0 Å². The van der Waals surface area contributed by atoms with Gasteiger partial charge in [0.15, 0.2) is 5.82 Å². The highest BCUT2D eigenvalue weighted by Crippen LogP contribution is 2.46. The minimum Gasteiger partial charge on any atom is -0.286 e. The minimum atomic E-state index is -0.430. The van der Waals surface area contributed by atoms with Crippen LogP contribution in [0.5, 0.6) is 0 Å². The van der Waals surface area contributed by atoms with E-state index in [4.69, 9.17) is 0 Å². The summed E-state index contributed by atoms with van der Waals surface area (Å²) in [7, 11) is 0. The largest absolute Gasteiger partial charge is 0.286 e. The highest BCUT2D eigenvalue weighted by Gasteiger charge is 2.47. The molecule has 102 valence electrons. The lowest BCUT2D eigenvalue weighted by Crippen LogP contribution is -2.57. The van der Waals surface area contributed by atoms with Crippen molar-refractivity contribution < 1.29 is 4.79 Å². The summed E-state index contributed by atoms with van der Waals surface area (Å²) >= 11 is 0. The first kappa shape index (κ1) is 11.6. The first-order valence-corrected chi connectivity index (χ1v) is 6.98. The molecule has 2 aromatic rings. The van der Waals surface area contributed by atoms with E-state index in [9.17, 15) is 4.79 Å². The van der Waals surface area contributed by atoms with E-state index < -0.39 is 5.66 Å². The molecular formula is C15H16N4O. The van der Waals surface area contributed by atoms with E-state index in [-0.39, 0.29) is 5.91 Å². The molecular weight excluding hydrogens is 252 g/mol. The van der Waals surface area contributed by atoms with Crippen LogP contribution in [0, 0.1) is 6.92 Å². The van der Waals surface area contributed by atoms with Gasteiger partial charge in [0, 0.05) is 12.0 Å². The van der Waals surface area contributed by atoms with Crippen LogP contribution in [-0.2, 0) is 10.5 Å². The average Bonchev–Trinajstić information content (AvgIpc) is 2.82. The summed E-state index contributed by atoms with van der Waals surface area (Å²) in [4.78, 5) is 19.0. The third-order valence-electron chi connectivity index (χ3n) is 4.33. The summed E-state index contributed by atoms with van der Waals surface area (Å²) in [6, 6.07) is 7.96. The molecule has 1 unspecified atom stereocenters. The van der Waals surface area contributed by atoms with Crippen LogP contribution in [-0.4, -0.2) is 20.7 Å². The Hall–Kier alpha value is -2.17. The molecule has 0 spiro atoms. The highest BCUT2D eigenvalue weighted by molar-refractivity contribution is 5.99. The van der Waals surface area contributed by atoms with Gasteiger partial charge in [0.1, 0.15) is 11.5 Å². The third-order valence-corrected chi connectivity index (χ3v) is 4.33. The number of aromatic nitrogens is 3. The topological polar surface area (TPSA) is 51.0 Å². The molecule has 20 heavy (non-hydrogen) atoms. The molecule has 0 N–H and O–H groups in total. The molecule has 0 radical (unpaired) electrons. The Morgan fingerprint density at radius 1 is 1.30 bits per heavy atom. The minimum absolute atomic E-state index is 0.171. The Balaban J connectivity index is 2.07. The van der Waals surface area contributed by atoms with Crippen LogP contribution >= 0.6 is 0 Å². The van der Waals surface area contributed by atoms with Crippen molar-refractivity contribution in [3.8, 4) is 11.4 Å². The fourth-order valence-corrected chi connectivity index (χ4v) is 3.44. The van der Waals surface area contributed by atoms with E-state index in [1.54, 1.807) is 0 Å². The quantitative estimate of drug-likeness (QED) is 0.737. The van der Waals surface area contributed by atoms with Gasteiger partial charge in [-0.1, -0.05) is 12.1 Å². The van der Waals surface area contributed by atoms with E-state index in [2.05, 4.69) is 17.0 Å². The van der Waals surface area contributed by atoms with E-state index in [1.807, 2.05) is 40.8 Å². The van der Waals surface area contributed by atoms with Gasteiger partial charge in [-0.15, -0.1) is 0 Å². The molecule has 5 heteroatoms. The summed E-state index contributed by atoms with van der Waals surface area (Å²) in [5.41, 5.74) is 1.51. The Morgan fingerprint density at radius 2 is 2.10 bits per heavy atom. The van der Waals surface area contributed by atoms with Crippen LogP contribution in [0.2, 0.25) is 0 Å². The molecule has 0 saturated carbocycles. The normalized spacial score (nSPS) is 24.1. The van der Waals surface area contributed by atoms with Crippen LogP contribution in [0.25, 0.3) is 11.4 Å². The van der Waals surface area contributed by atoms with Crippen molar-refractivity contribution in [2.75, 3.05) is 4.90 Å². The van der Waals surface area contributed by atoms with Gasteiger partial charge in [0.2, 0.25) is 5.91 Å². The van der Waals surface area contributed by atoms with Crippen molar-refractivity contribution in [3.05, 3.63) is 30.1 Å². The summed E-state index contributed by atoms with van der Waals surface area (Å²) in [5.74, 6) is 1.78. The Bertz CT molecular complexity index is 720. The number of para-hydroxylation sites is 1. The van der Waals surface area contributed by atoms with Gasteiger partial charge in [-0.25, -0.2) is 9.67 Å².